The molecule has 0 aliphatic rings. The topological polar surface area (TPSA) is 108 Å². The number of ether oxygens (including phenoxy) is 3. The van der Waals surface area contributed by atoms with Gasteiger partial charge in [0, 0.05) is 25.7 Å². The molecular formula is C56H108BrN2O7+. The summed E-state index contributed by atoms with van der Waals surface area (Å²) < 4.78 is 17.5. The molecule has 1 unspecified atom stereocenters. The van der Waals surface area contributed by atoms with E-state index in [0.29, 0.717) is 25.7 Å². The molecule has 0 aromatic rings. The first-order chi connectivity index (χ1) is 31.9. The molecule has 0 bridgehead atoms. The highest BCUT2D eigenvalue weighted by Gasteiger charge is 2.41. The van der Waals surface area contributed by atoms with Gasteiger partial charge in [0.1, 0.15) is 24.1 Å². The molecule has 0 saturated heterocycles. The molecule has 0 aromatic carbocycles. The predicted octanol–water partition coefficient (Wildman–Crippen LogP) is 15.6. The number of rotatable bonds is 50. The van der Waals surface area contributed by atoms with Crippen molar-refractivity contribution in [2.45, 2.75) is 288 Å². The van der Waals surface area contributed by atoms with Crippen LogP contribution in [-0.2, 0) is 33.4 Å². The van der Waals surface area contributed by atoms with Crippen LogP contribution in [0.15, 0.2) is 0 Å². The number of nitrogens with one attached hydrogen (secondary N) is 1. The van der Waals surface area contributed by atoms with Gasteiger partial charge in [-0.05, 0) is 38.5 Å². The van der Waals surface area contributed by atoms with E-state index in [2.05, 4.69) is 63.2 Å². The van der Waals surface area contributed by atoms with E-state index in [1.54, 1.807) is 0 Å². The Hall–Kier alpha value is -1.68. The minimum Gasteiger partial charge on any atom is -0.464 e. The van der Waals surface area contributed by atoms with E-state index in [9.17, 15) is 19.2 Å². The highest BCUT2D eigenvalue weighted by Crippen LogP contribution is 2.27. The fourth-order valence-electron chi connectivity index (χ4n) is 8.47. The van der Waals surface area contributed by atoms with Crippen molar-refractivity contribution in [3.8, 4) is 0 Å². The zero-order chi connectivity index (χ0) is 48.8. The van der Waals surface area contributed by atoms with Gasteiger partial charge in [-0.2, -0.15) is 0 Å². The molecule has 10 heteroatoms. The molecule has 1 atom stereocenters. The van der Waals surface area contributed by atoms with E-state index in [4.69, 9.17) is 14.2 Å². The quantitative estimate of drug-likeness (QED) is 0.0213. The van der Waals surface area contributed by atoms with Gasteiger partial charge in [-0.15, -0.1) is 0 Å². The molecule has 0 saturated carbocycles. The Morgan fingerprint density at radius 2 is 0.682 bits per heavy atom. The fourth-order valence-corrected chi connectivity index (χ4v) is 8.95. The predicted molar refractivity (Wildman–Crippen MR) is 281 cm³/mol. The maximum absolute atomic E-state index is 13.6. The van der Waals surface area contributed by atoms with Crippen molar-refractivity contribution >= 4 is 39.7 Å². The van der Waals surface area contributed by atoms with Gasteiger partial charge >= 0.3 is 17.9 Å². The van der Waals surface area contributed by atoms with Gasteiger partial charge < -0.3 is 24.0 Å². The summed E-state index contributed by atoms with van der Waals surface area (Å²) in [6.45, 7) is 7.53. The summed E-state index contributed by atoms with van der Waals surface area (Å²) in [5.41, 5.74) is 0. The second-order valence-corrected chi connectivity index (χ2v) is 22.4. The van der Waals surface area contributed by atoms with Crippen LogP contribution >= 0.6 is 15.9 Å². The van der Waals surface area contributed by atoms with Crippen LogP contribution in [0, 0.1) is 0 Å². The highest BCUT2D eigenvalue weighted by atomic mass is 79.9. The highest BCUT2D eigenvalue weighted by molar-refractivity contribution is 9.10. The number of halogens is 1. The number of carbonyl (C=O) groups is 4. The van der Waals surface area contributed by atoms with Gasteiger partial charge in [0.25, 0.3) is 0 Å². The average molecular weight is 1000 g/mol. The molecule has 0 radical (unpaired) electrons. The summed E-state index contributed by atoms with van der Waals surface area (Å²) >= 11 is 3.83. The number of quaternary nitrogens is 1. The molecule has 0 aliphatic carbocycles. The van der Waals surface area contributed by atoms with Gasteiger partial charge in [-0.1, -0.05) is 229 Å². The van der Waals surface area contributed by atoms with Gasteiger partial charge in [-0.3, -0.25) is 19.2 Å². The zero-order valence-electron chi connectivity index (χ0n) is 44.4. The SMILES string of the molecule is CCCCCCCCCCCC(=O)OCC(NC(=O)CCCCCCCCCCC[N+](C)(C)C)C(Br)(COC(=O)CCCCCCCCCCC)COC(=O)CCCCCCCCCCC. The van der Waals surface area contributed by atoms with Crippen LogP contribution in [0.5, 0.6) is 0 Å². The summed E-state index contributed by atoms with van der Waals surface area (Å²) in [5, 5.41) is 3.13. The first-order valence-electron chi connectivity index (χ1n) is 28.1. The monoisotopic (exact) mass is 1000 g/mol. The first-order valence-corrected chi connectivity index (χ1v) is 28.9. The lowest BCUT2D eigenvalue weighted by Crippen LogP contribution is -2.57. The summed E-state index contributed by atoms with van der Waals surface area (Å²) in [7, 11) is 6.75. The molecule has 9 nitrogen and oxygen atoms in total. The number of carbonyl (C=O) groups excluding carboxylic acids is 4. The standard InChI is InChI=1S/C56H107BrN2O7/c1-7-10-13-16-19-23-29-34-39-44-53(61)64-48-51(58-52(60)43-38-33-28-26-22-27-32-37-42-47-59(4,5)6)56(57,49-65-54(62)45-40-35-30-24-20-17-14-11-8-2)50-66-55(63)46-41-36-31-25-21-18-15-12-9-3/h51H,7-50H2,1-6H3/p+1. The van der Waals surface area contributed by atoms with Crippen LogP contribution in [0.2, 0.25) is 0 Å². The molecule has 1 amide bonds. The van der Waals surface area contributed by atoms with E-state index >= 15 is 0 Å². The van der Waals surface area contributed by atoms with E-state index in [1.165, 1.54) is 161 Å². The summed E-state index contributed by atoms with van der Waals surface area (Å²) in [6, 6.07) is -0.782. The molecule has 0 rings (SSSR count). The van der Waals surface area contributed by atoms with Crippen LogP contribution in [0.4, 0.5) is 0 Å². The normalized spacial score (nSPS) is 12.3. The van der Waals surface area contributed by atoms with Crippen LogP contribution < -0.4 is 5.32 Å². The fraction of sp³-hybridized carbons (Fsp3) is 0.929. The van der Waals surface area contributed by atoms with Crippen molar-refractivity contribution < 1.29 is 37.9 Å². The van der Waals surface area contributed by atoms with Gasteiger partial charge in [0.2, 0.25) is 5.91 Å². The molecule has 66 heavy (non-hydrogen) atoms. The van der Waals surface area contributed by atoms with Crippen molar-refractivity contribution in [1.29, 1.82) is 0 Å². The number of unbranched alkanes of at least 4 members (excludes halogenated alkanes) is 32. The van der Waals surface area contributed by atoms with Crippen LogP contribution in [-0.4, -0.2) is 86.2 Å². The largest absolute Gasteiger partial charge is 0.464 e. The maximum Gasteiger partial charge on any atom is 0.305 e. The van der Waals surface area contributed by atoms with Crippen LogP contribution in [0.1, 0.15) is 278 Å². The summed E-state index contributed by atoms with van der Waals surface area (Å²) in [5.74, 6) is -1.11. The molecule has 390 valence electrons. The molecule has 0 fully saturated rings. The second kappa shape index (κ2) is 45.7. The molecule has 0 aliphatic heterocycles. The Kier molecular flexibility index (Phi) is 44.6. The average Bonchev–Trinajstić information content (AvgIpc) is 3.28. The Morgan fingerprint density at radius 1 is 0.409 bits per heavy atom. The minimum absolute atomic E-state index is 0.117. The maximum atomic E-state index is 13.6. The molecule has 0 heterocycles. The van der Waals surface area contributed by atoms with E-state index in [0.717, 1.165) is 81.5 Å². The van der Waals surface area contributed by atoms with Gasteiger partial charge in [0.15, 0.2) is 0 Å². The Morgan fingerprint density at radius 3 is 1.00 bits per heavy atom. The third-order valence-corrected chi connectivity index (χ3v) is 14.0. The van der Waals surface area contributed by atoms with Crippen molar-refractivity contribution in [2.75, 3.05) is 47.5 Å². The summed E-state index contributed by atoms with van der Waals surface area (Å²) in [4.78, 5) is 53.0. The first kappa shape index (κ1) is 64.3. The lowest BCUT2D eigenvalue weighted by Gasteiger charge is -2.35. The third-order valence-electron chi connectivity index (χ3n) is 13.0. The molecular weight excluding hydrogens is 893 g/mol. The van der Waals surface area contributed by atoms with Crippen molar-refractivity contribution in [3.05, 3.63) is 0 Å². The Labute approximate surface area is 416 Å². The molecule has 0 spiro atoms. The Bertz CT molecular complexity index is 1110. The van der Waals surface area contributed by atoms with Crippen molar-refractivity contribution in [1.82, 2.24) is 5.32 Å². The molecule has 1 N–H and O–H groups in total. The van der Waals surface area contributed by atoms with Crippen LogP contribution in [0.3, 0.4) is 0 Å². The smallest absolute Gasteiger partial charge is 0.305 e. The van der Waals surface area contributed by atoms with Gasteiger partial charge in [0.05, 0.1) is 33.7 Å². The number of hydrogen-bond acceptors (Lipinski definition) is 7. The van der Waals surface area contributed by atoms with E-state index in [-0.39, 0.29) is 43.6 Å². The number of alkyl halides is 1. The van der Waals surface area contributed by atoms with E-state index in [1.807, 2.05) is 0 Å². The van der Waals surface area contributed by atoms with E-state index < -0.39 is 10.4 Å². The summed E-state index contributed by atoms with van der Waals surface area (Å²) in [6.07, 6.45) is 42.7. The number of esters is 3. The minimum atomic E-state index is -1.19. The number of nitrogens with zero attached hydrogens (tertiary/aromatic N) is 1. The number of hydrogen-bond donors (Lipinski definition) is 1. The molecule has 0 aromatic heterocycles. The number of amides is 1. The van der Waals surface area contributed by atoms with Gasteiger partial charge in [-0.25, -0.2) is 0 Å². The zero-order valence-corrected chi connectivity index (χ0v) is 46.0. The lowest BCUT2D eigenvalue weighted by molar-refractivity contribution is -0.870. The van der Waals surface area contributed by atoms with Crippen molar-refractivity contribution in [3.63, 3.8) is 0 Å². The lowest BCUT2D eigenvalue weighted by atomic mass is 10.0. The second-order valence-electron chi connectivity index (χ2n) is 20.8. The van der Waals surface area contributed by atoms with Crippen molar-refractivity contribution in [2.24, 2.45) is 0 Å². The Balaban J connectivity index is 5.54. The third kappa shape index (κ3) is 43.6. The van der Waals surface area contributed by atoms with Crippen LogP contribution in [0.25, 0.3) is 0 Å².